The summed E-state index contributed by atoms with van der Waals surface area (Å²) in [6.07, 6.45) is 1.77. The van der Waals surface area contributed by atoms with Gasteiger partial charge in [-0.15, -0.1) is 0 Å². The van der Waals surface area contributed by atoms with E-state index in [1.54, 1.807) is 6.20 Å². The van der Waals surface area contributed by atoms with Crippen LogP contribution in [0.5, 0.6) is 0 Å². The van der Waals surface area contributed by atoms with Crippen LogP contribution in [0.1, 0.15) is 42.3 Å². The molecule has 0 saturated heterocycles. The Hall–Kier alpha value is -3.72. The average molecular weight is 421 g/mol. The Morgan fingerprint density at radius 1 is 0.750 bits per heavy atom. The van der Waals surface area contributed by atoms with E-state index in [2.05, 4.69) is 79.6 Å². The van der Waals surface area contributed by atoms with E-state index in [9.17, 15) is 4.79 Å². The molecule has 0 radical (unpaired) electrons. The van der Waals surface area contributed by atoms with Gasteiger partial charge in [0.05, 0.1) is 5.69 Å². The van der Waals surface area contributed by atoms with Crippen LogP contribution in [0.2, 0.25) is 0 Å². The van der Waals surface area contributed by atoms with Crippen LogP contribution >= 0.6 is 0 Å². The van der Waals surface area contributed by atoms with Crippen LogP contribution in [-0.2, 0) is 12.0 Å². The van der Waals surface area contributed by atoms with Gasteiger partial charge in [0.25, 0.3) is 5.91 Å². The third-order valence-corrected chi connectivity index (χ3v) is 5.60. The number of hydrogen-bond acceptors (Lipinski definition) is 2. The maximum atomic E-state index is 12.5. The van der Waals surface area contributed by atoms with E-state index >= 15 is 0 Å². The highest BCUT2D eigenvalue weighted by Crippen LogP contribution is 2.26. The number of amides is 1. The van der Waals surface area contributed by atoms with Gasteiger partial charge in [0.1, 0.15) is 0 Å². The number of carbonyl (C=O) groups excluding carboxylic acids is 1. The van der Waals surface area contributed by atoms with E-state index in [1.165, 1.54) is 16.7 Å². The zero-order valence-electron chi connectivity index (χ0n) is 18.8. The van der Waals surface area contributed by atoms with Crippen molar-refractivity contribution in [2.24, 2.45) is 0 Å². The third-order valence-electron chi connectivity index (χ3n) is 5.60. The molecule has 3 nitrogen and oxygen atoms in total. The number of rotatable bonds is 5. The van der Waals surface area contributed by atoms with Crippen LogP contribution in [0.4, 0.5) is 0 Å². The number of benzene rings is 3. The quantitative estimate of drug-likeness (QED) is 0.393. The highest BCUT2D eigenvalue weighted by atomic mass is 16.1. The van der Waals surface area contributed by atoms with Crippen molar-refractivity contribution >= 4 is 5.91 Å². The lowest BCUT2D eigenvalue weighted by atomic mass is 9.86. The van der Waals surface area contributed by atoms with Gasteiger partial charge in [-0.2, -0.15) is 0 Å². The summed E-state index contributed by atoms with van der Waals surface area (Å²) in [5.74, 6) is -0.0839. The van der Waals surface area contributed by atoms with Crippen LogP contribution in [0.15, 0.2) is 97.2 Å². The molecular weight excluding hydrogens is 392 g/mol. The fourth-order valence-electron chi connectivity index (χ4n) is 3.59. The van der Waals surface area contributed by atoms with Gasteiger partial charge in [-0.05, 0) is 51.9 Å². The number of aromatic nitrogens is 1. The number of nitrogens with one attached hydrogen (secondary N) is 1. The van der Waals surface area contributed by atoms with Crippen LogP contribution in [0.3, 0.4) is 0 Å². The fraction of sp³-hybridized carbons (Fsp3) is 0.172. The highest BCUT2D eigenvalue weighted by Gasteiger charge is 2.13. The zero-order chi connectivity index (χ0) is 22.6. The maximum Gasteiger partial charge on any atom is 0.251 e. The minimum absolute atomic E-state index is 0.0839. The molecule has 32 heavy (non-hydrogen) atoms. The predicted molar refractivity (Wildman–Crippen MR) is 131 cm³/mol. The molecule has 160 valence electrons. The standard InChI is InChI=1S/C29H28N2O/c1-29(2,3)26-17-15-23(16-18-26)22-9-7-21(8-10-22)20-31-28(32)25-13-11-24(12-14-25)27-6-4-5-19-30-27/h4-19H,20H2,1-3H3,(H,31,32). The molecule has 0 spiro atoms. The van der Waals surface area contributed by atoms with Crippen molar-refractivity contribution in [3.63, 3.8) is 0 Å². The summed E-state index contributed by atoms with van der Waals surface area (Å²) in [6.45, 7) is 7.16. The third kappa shape index (κ3) is 5.12. The SMILES string of the molecule is CC(C)(C)c1ccc(-c2ccc(CNC(=O)c3ccc(-c4ccccn4)cc3)cc2)cc1. The second-order valence-corrected chi connectivity index (χ2v) is 9.00. The van der Waals surface area contributed by atoms with E-state index in [-0.39, 0.29) is 11.3 Å². The summed E-state index contributed by atoms with van der Waals surface area (Å²) in [4.78, 5) is 16.9. The number of nitrogens with zero attached hydrogens (tertiary/aromatic N) is 1. The van der Waals surface area contributed by atoms with Gasteiger partial charge in [-0.3, -0.25) is 9.78 Å². The van der Waals surface area contributed by atoms with Gasteiger partial charge >= 0.3 is 0 Å². The number of hydrogen-bond donors (Lipinski definition) is 1. The number of carbonyl (C=O) groups is 1. The first kappa shape index (κ1) is 21.5. The van der Waals surface area contributed by atoms with Crippen LogP contribution in [0, 0.1) is 0 Å². The Kier molecular flexibility index (Phi) is 6.18. The molecule has 0 bridgehead atoms. The van der Waals surface area contributed by atoms with Crippen molar-refractivity contribution in [3.05, 3.63) is 114 Å². The monoisotopic (exact) mass is 420 g/mol. The molecule has 4 aromatic rings. The first-order valence-electron chi connectivity index (χ1n) is 10.9. The lowest BCUT2D eigenvalue weighted by molar-refractivity contribution is 0.0951. The summed E-state index contributed by atoms with van der Waals surface area (Å²) in [5, 5.41) is 3.00. The molecule has 0 saturated carbocycles. The van der Waals surface area contributed by atoms with Gasteiger partial charge < -0.3 is 5.32 Å². The van der Waals surface area contributed by atoms with Crippen LogP contribution in [-0.4, -0.2) is 10.9 Å². The van der Waals surface area contributed by atoms with Crippen LogP contribution < -0.4 is 5.32 Å². The van der Waals surface area contributed by atoms with E-state index in [0.29, 0.717) is 12.1 Å². The lowest BCUT2D eigenvalue weighted by Crippen LogP contribution is -2.22. The molecule has 1 aromatic heterocycles. The average Bonchev–Trinajstić information content (AvgIpc) is 2.83. The molecule has 1 heterocycles. The minimum atomic E-state index is -0.0839. The molecule has 0 atom stereocenters. The molecule has 3 aromatic carbocycles. The molecule has 1 N–H and O–H groups in total. The molecule has 4 rings (SSSR count). The summed E-state index contributed by atoms with van der Waals surface area (Å²) in [7, 11) is 0. The number of pyridine rings is 1. The van der Waals surface area contributed by atoms with Crippen molar-refractivity contribution in [1.29, 1.82) is 0 Å². The summed E-state index contributed by atoms with van der Waals surface area (Å²) >= 11 is 0. The van der Waals surface area contributed by atoms with E-state index in [1.807, 2.05) is 42.5 Å². The highest BCUT2D eigenvalue weighted by molar-refractivity contribution is 5.94. The largest absolute Gasteiger partial charge is 0.348 e. The fourth-order valence-corrected chi connectivity index (χ4v) is 3.59. The van der Waals surface area contributed by atoms with Crippen molar-refractivity contribution in [3.8, 4) is 22.4 Å². The Labute approximate surface area is 190 Å². The van der Waals surface area contributed by atoms with Crippen molar-refractivity contribution in [2.45, 2.75) is 32.7 Å². The summed E-state index contributed by atoms with van der Waals surface area (Å²) in [5.41, 5.74) is 7.44. The Morgan fingerprint density at radius 2 is 1.34 bits per heavy atom. The smallest absolute Gasteiger partial charge is 0.251 e. The maximum absolute atomic E-state index is 12.5. The van der Waals surface area contributed by atoms with Gasteiger partial charge in [-0.25, -0.2) is 0 Å². The van der Waals surface area contributed by atoms with Crippen molar-refractivity contribution < 1.29 is 4.79 Å². The second-order valence-electron chi connectivity index (χ2n) is 9.00. The Balaban J connectivity index is 1.36. The van der Waals surface area contributed by atoms with Gasteiger partial charge in [-0.1, -0.05) is 87.5 Å². The lowest BCUT2D eigenvalue weighted by Gasteiger charge is -2.19. The second kappa shape index (κ2) is 9.19. The minimum Gasteiger partial charge on any atom is -0.348 e. The molecule has 0 aliphatic rings. The van der Waals surface area contributed by atoms with Crippen molar-refractivity contribution in [1.82, 2.24) is 10.3 Å². The van der Waals surface area contributed by atoms with Gasteiger partial charge in [0, 0.05) is 23.9 Å². The Bertz CT molecular complexity index is 1170. The molecule has 0 fully saturated rings. The molecule has 0 unspecified atom stereocenters. The summed E-state index contributed by atoms with van der Waals surface area (Å²) < 4.78 is 0. The van der Waals surface area contributed by atoms with E-state index in [4.69, 9.17) is 0 Å². The molecule has 3 heteroatoms. The molecule has 0 aliphatic carbocycles. The zero-order valence-corrected chi connectivity index (χ0v) is 18.8. The first-order valence-corrected chi connectivity index (χ1v) is 10.9. The van der Waals surface area contributed by atoms with Gasteiger partial charge in [0.15, 0.2) is 0 Å². The topological polar surface area (TPSA) is 42.0 Å². The van der Waals surface area contributed by atoms with Gasteiger partial charge in [0.2, 0.25) is 0 Å². The van der Waals surface area contributed by atoms with E-state index < -0.39 is 0 Å². The van der Waals surface area contributed by atoms with Crippen LogP contribution in [0.25, 0.3) is 22.4 Å². The predicted octanol–water partition coefficient (Wildman–Crippen LogP) is 6.64. The first-order chi connectivity index (χ1) is 15.4. The summed E-state index contributed by atoms with van der Waals surface area (Å²) in [6, 6.07) is 30.4. The molecule has 1 amide bonds. The molecule has 0 aliphatic heterocycles. The molecular formula is C29H28N2O. The van der Waals surface area contributed by atoms with Crippen molar-refractivity contribution in [2.75, 3.05) is 0 Å². The normalized spacial score (nSPS) is 11.2. The van der Waals surface area contributed by atoms with E-state index in [0.717, 1.165) is 16.8 Å². The Morgan fingerprint density at radius 3 is 1.91 bits per heavy atom.